The Balaban J connectivity index is 1.32. The summed E-state index contributed by atoms with van der Waals surface area (Å²) >= 11 is 0. The van der Waals surface area contributed by atoms with E-state index in [1.54, 1.807) is 12.3 Å². The second-order valence-corrected chi connectivity index (χ2v) is 7.62. The molecule has 0 aliphatic carbocycles. The van der Waals surface area contributed by atoms with Crippen molar-refractivity contribution < 1.29 is 9.21 Å². The molecular weight excluding hydrogens is 342 g/mol. The van der Waals surface area contributed by atoms with Crippen LogP contribution in [0.1, 0.15) is 41.8 Å². The van der Waals surface area contributed by atoms with Gasteiger partial charge in [-0.05, 0) is 57.7 Å². The Hall–Kier alpha value is -2.02. The fraction of sp³-hybridized carbons (Fsp3) is 0.700. The van der Waals surface area contributed by atoms with Crippen molar-refractivity contribution in [2.75, 3.05) is 52.9 Å². The van der Waals surface area contributed by atoms with Gasteiger partial charge in [0, 0.05) is 45.3 Å². The van der Waals surface area contributed by atoms with Crippen LogP contribution in [0.25, 0.3) is 0 Å². The molecule has 27 heavy (non-hydrogen) atoms. The highest BCUT2D eigenvalue weighted by atomic mass is 16.3. The molecule has 0 bridgehead atoms. The first-order chi connectivity index (χ1) is 13.2. The first kappa shape index (κ1) is 19.7. The third kappa shape index (κ3) is 5.48. The van der Waals surface area contributed by atoms with Crippen molar-refractivity contribution in [1.82, 2.24) is 20.4 Å². The van der Waals surface area contributed by atoms with Crippen molar-refractivity contribution in [3.8, 4) is 0 Å². The van der Waals surface area contributed by atoms with Gasteiger partial charge >= 0.3 is 0 Å². The molecule has 0 radical (unpaired) electrons. The topological polar surface area (TPSA) is 73.1 Å². The second kappa shape index (κ2) is 9.78. The fourth-order valence-corrected chi connectivity index (χ4v) is 4.01. The van der Waals surface area contributed by atoms with Gasteiger partial charge in [-0.2, -0.15) is 0 Å². The van der Waals surface area contributed by atoms with Crippen LogP contribution >= 0.6 is 0 Å². The van der Waals surface area contributed by atoms with Gasteiger partial charge in [0.2, 0.25) is 0 Å². The molecule has 1 unspecified atom stereocenters. The standard InChI is InChI=1S/C20H33N5O2/c1-16-7-13-27-18(16)19(26)22-8-5-9-23-20(21-2)25-12-6-17(15-25)14-24-10-3-4-11-24/h7,13,17H,3-6,8-12,14-15H2,1-2H3,(H,21,23)(H,22,26). The van der Waals surface area contributed by atoms with E-state index in [9.17, 15) is 4.79 Å². The first-order valence-electron chi connectivity index (χ1n) is 10.2. The zero-order chi connectivity index (χ0) is 19.1. The number of amides is 1. The van der Waals surface area contributed by atoms with Crippen LogP contribution in [0.3, 0.4) is 0 Å². The predicted octanol–water partition coefficient (Wildman–Crippen LogP) is 1.70. The lowest BCUT2D eigenvalue weighted by Gasteiger charge is -2.23. The number of likely N-dealkylation sites (tertiary alicyclic amines) is 2. The predicted molar refractivity (Wildman–Crippen MR) is 107 cm³/mol. The lowest BCUT2D eigenvalue weighted by molar-refractivity contribution is 0.0925. The number of guanidine groups is 1. The third-order valence-electron chi connectivity index (χ3n) is 5.50. The quantitative estimate of drug-likeness (QED) is 0.431. The van der Waals surface area contributed by atoms with E-state index in [1.807, 2.05) is 14.0 Å². The van der Waals surface area contributed by atoms with Crippen LogP contribution in [-0.4, -0.2) is 74.5 Å². The molecule has 2 fully saturated rings. The summed E-state index contributed by atoms with van der Waals surface area (Å²) in [5.74, 6) is 1.98. The maximum Gasteiger partial charge on any atom is 0.287 e. The Morgan fingerprint density at radius 3 is 2.74 bits per heavy atom. The molecule has 1 aromatic heterocycles. The normalized spacial score (nSPS) is 21.0. The van der Waals surface area contributed by atoms with Crippen molar-refractivity contribution >= 4 is 11.9 Å². The first-order valence-corrected chi connectivity index (χ1v) is 10.2. The highest BCUT2D eigenvalue weighted by molar-refractivity contribution is 5.92. The highest BCUT2D eigenvalue weighted by Gasteiger charge is 2.27. The Kier molecular flexibility index (Phi) is 7.15. The number of furan rings is 1. The molecule has 1 aromatic rings. The van der Waals surface area contributed by atoms with Crippen LogP contribution in [0.15, 0.2) is 21.7 Å². The SMILES string of the molecule is CN=C(NCCCNC(=O)c1occc1C)N1CCC(CN2CCCC2)C1. The minimum Gasteiger partial charge on any atom is -0.459 e. The lowest BCUT2D eigenvalue weighted by Crippen LogP contribution is -2.41. The summed E-state index contributed by atoms with van der Waals surface area (Å²) in [4.78, 5) is 21.4. The van der Waals surface area contributed by atoms with E-state index < -0.39 is 0 Å². The Bertz CT molecular complexity index is 636. The average molecular weight is 376 g/mol. The number of carbonyl (C=O) groups excluding carboxylic acids is 1. The van der Waals surface area contributed by atoms with E-state index in [1.165, 1.54) is 38.9 Å². The largest absolute Gasteiger partial charge is 0.459 e. The summed E-state index contributed by atoms with van der Waals surface area (Å²) in [6, 6.07) is 1.80. The summed E-state index contributed by atoms with van der Waals surface area (Å²) in [7, 11) is 1.84. The molecule has 3 rings (SSSR count). The van der Waals surface area contributed by atoms with Crippen molar-refractivity contribution in [2.45, 2.75) is 32.6 Å². The van der Waals surface area contributed by atoms with Gasteiger partial charge in [-0.15, -0.1) is 0 Å². The number of nitrogens with zero attached hydrogens (tertiary/aromatic N) is 3. The number of rotatable bonds is 7. The molecule has 7 nitrogen and oxygen atoms in total. The van der Waals surface area contributed by atoms with Gasteiger partial charge in [-0.1, -0.05) is 0 Å². The average Bonchev–Trinajstić information content (AvgIpc) is 3.41. The molecule has 7 heteroatoms. The van der Waals surface area contributed by atoms with Gasteiger partial charge in [0.15, 0.2) is 11.7 Å². The number of aliphatic imine (C=N–C) groups is 1. The molecule has 150 valence electrons. The molecular formula is C20H33N5O2. The number of carbonyl (C=O) groups is 1. The van der Waals surface area contributed by atoms with Crippen LogP contribution < -0.4 is 10.6 Å². The van der Waals surface area contributed by atoms with E-state index in [4.69, 9.17) is 4.42 Å². The molecule has 3 heterocycles. The van der Waals surface area contributed by atoms with Crippen LogP contribution in [0.2, 0.25) is 0 Å². The lowest BCUT2D eigenvalue weighted by atomic mass is 10.1. The van der Waals surface area contributed by atoms with Crippen LogP contribution in [0.5, 0.6) is 0 Å². The molecule has 2 N–H and O–H groups in total. The van der Waals surface area contributed by atoms with Gasteiger partial charge < -0.3 is 24.9 Å². The molecule has 1 amide bonds. The maximum absolute atomic E-state index is 12.0. The van der Waals surface area contributed by atoms with E-state index >= 15 is 0 Å². The van der Waals surface area contributed by atoms with Crippen LogP contribution in [-0.2, 0) is 0 Å². The van der Waals surface area contributed by atoms with E-state index in [0.717, 1.165) is 43.5 Å². The smallest absolute Gasteiger partial charge is 0.287 e. The van der Waals surface area contributed by atoms with Crippen molar-refractivity contribution in [3.05, 3.63) is 23.7 Å². The van der Waals surface area contributed by atoms with Gasteiger partial charge in [0.1, 0.15) is 0 Å². The van der Waals surface area contributed by atoms with Crippen LogP contribution in [0.4, 0.5) is 0 Å². The number of hydrogen-bond acceptors (Lipinski definition) is 4. The zero-order valence-electron chi connectivity index (χ0n) is 16.7. The number of hydrogen-bond donors (Lipinski definition) is 2. The number of aryl methyl sites for hydroxylation is 1. The monoisotopic (exact) mass is 375 g/mol. The minimum absolute atomic E-state index is 0.147. The molecule has 0 aromatic carbocycles. The van der Waals surface area contributed by atoms with Crippen molar-refractivity contribution in [2.24, 2.45) is 10.9 Å². The Morgan fingerprint density at radius 2 is 2.04 bits per heavy atom. The van der Waals surface area contributed by atoms with Gasteiger partial charge in [-0.3, -0.25) is 9.79 Å². The fourth-order valence-electron chi connectivity index (χ4n) is 4.01. The molecule has 2 aliphatic heterocycles. The molecule has 0 spiro atoms. The van der Waals surface area contributed by atoms with Gasteiger partial charge in [0.25, 0.3) is 5.91 Å². The van der Waals surface area contributed by atoms with Crippen molar-refractivity contribution in [3.63, 3.8) is 0 Å². The van der Waals surface area contributed by atoms with Gasteiger partial charge in [-0.25, -0.2) is 0 Å². The second-order valence-electron chi connectivity index (χ2n) is 7.62. The van der Waals surface area contributed by atoms with E-state index in [-0.39, 0.29) is 5.91 Å². The minimum atomic E-state index is -0.147. The summed E-state index contributed by atoms with van der Waals surface area (Å²) in [5, 5.41) is 6.34. The van der Waals surface area contributed by atoms with Gasteiger partial charge in [0.05, 0.1) is 6.26 Å². The highest BCUT2D eigenvalue weighted by Crippen LogP contribution is 2.19. The number of nitrogens with one attached hydrogen (secondary N) is 2. The Morgan fingerprint density at radius 1 is 1.26 bits per heavy atom. The molecule has 2 saturated heterocycles. The Labute approximate surface area is 162 Å². The summed E-state index contributed by atoms with van der Waals surface area (Å²) < 4.78 is 5.21. The summed E-state index contributed by atoms with van der Waals surface area (Å²) in [5.41, 5.74) is 0.864. The van der Waals surface area contributed by atoms with Crippen molar-refractivity contribution in [1.29, 1.82) is 0 Å². The molecule has 2 aliphatic rings. The van der Waals surface area contributed by atoms with Crippen LogP contribution in [0, 0.1) is 12.8 Å². The summed E-state index contributed by atoms with van der Waals surface area (Å²) in [6.07, 6.45) is 6.35. The van der Waals surface area contributed by atoms with E-state index in [2.05, 4.69) is 25.4 Å². The third-order valence-corrected chi connectivity index (χ3v) is 5.50. The maximum atomic E-state index is 12.0. The summed E-state index contributed by atoms with van der Waals surface area (Å²) in [6.45, 7) is 9.21. The zero-order valence-corrected chi connectivity index (χ0v) is 16.7. The molecule has 0 saturated carbocycles. The molecule has 1 atom stereocenters. The van der Waals surface area contributed by atoms with E-state index in [0.29, 0.717) is 12.3 Å².